The summed E-state index contributed by atoms with van der Waals surface area (Å²) in [5.74, 6) is 2.37. The summed E-state index contributed by atoms with van der Waals surface area (Å²) in [7, 11) is 0. The fraction of sp³-hybridized carbons (Fsp3) is 0.444. The van der Waals surface area contributed by atoms with Crippen LogP contribution in [0.25, 0.3) is 0 Å². The Morgan fingerprint density at radius 3 is 2.91 bits per heavy atom. The molecule has 4 heteroatoms. The van der Waals surface area contributed by atoms with Crippen molar-refractivity contribution in [2.45, 2.75) is 39.7 Å². The number of nitrogens with one attached hydrogen (secondary N) is 1. The van der Waals surface area contributed by atoms with Crippen LogP contribution in [0.2, 0.25) is 0 Å². The first-order valence-electron chi connectivity index (χ1n) is 8.09. The monoisotopic (exact) mass is 296 g/mol. The molecule has 0 saturated heterocycles. The van der Waals surface area contributed by atoms with Gasteiger partial charge in [0.2, 0.25) is 5.95 Å². The third kappa shape index (κ3) is 3.06. The molecular weight excluding hydrogens is 272 g/mol. The van der Waals surface area contributed by atoms with Crippen molar-refractivity contribution in [3.8, 4) is 0 Å². The van der Waals surface area contributed by atoms with Crippen molar-refractivity contribution in [3.05, 3.63) is 42.1 Å². The smallest absolute Gasteiger partial charge is 0.224 e. The van der Waals surface area contributed by atoms with E-state index in [4.69, 9.17) is 4.98 Å². The lowest BCUT2D eigenvalue weighted by Crippen LogP contribution is -2.25. The Kier molecular flexibility index (Phi) is 4.27. The summed E-state index contributed by atoms with van der Waals surface area (Å²) >= 11 is 0. The van der Waals surface area contributed by atoms with E-state index in [1.165, 1.54) is 11.3 Å². The molecule has 3 rings (SSSR count). The van der Waals surface area contributed by atoms with Gasteiger partial charge in [0.05, 0.1) is 0 Å². The molecule has 0 spiro atoms. The summed E-state index contributed by atoms with van der Waals surface area (Å²) in [4.78, 5) is 11.4. The molecule has 1 N–H and O–H groups in total. The molecule has 1 atom stereocenters. The minimum absolute atomic E-state index is 0.427. The summed E-state index contributed by atoms with van der Waals surface area (Å²) in [6.45, 7) is 7.60. The molecule has 2 heterocycles. The van der Waals surface area contributed by atoms with Gasteiger partial charge >= 0.3 is 0 Å². The lowest BCUT2D eigenvalue weighted by atomic mass is 10.1. The average molecular weight is 296 g/mol. The van der Waals surface area contributed by atoms with E-state index in [1.54, 1.807) is 0 Å². The topological polar surface area (TPSA) is 41.1 Å². The minimum atomic E-state index is 0.427. The number of hydrogen-bond donors (Lipinski definition) is 1. The Hall–Kier alpha value is -2.10. The van der Waals surface area contributed by atoms with Gasteiger partial charge in [-0.05, 0) is 43.4 Å². The second-order valence-electron chi connectivity index (χ2n) is 6.40. The lowest BCUT2D eigenvalue weighted by molar-refractivity contribution is 0.606. The normalized spacial score (nSPS) is 16.9. The van der Waals surface area contributed by atoms with Gasteiger partial charge in [-0.3, -0.25) is 0 Å². The quantitative estimate of drug-likeness (QED) is 0.905. The first kappa shape index (κ1) is 14.8. The molecule has 4 nitrogen and oxygen atoms in total. The van der Waals surface area contributed by atoms with E-state index in [2.05, 4.69) is 60.2 Å². The van der Waals surface area contributed by atoms with Crippen LogP contribution in [-0.2, 0) is 6.42 Å². The Balaban J connectivity index is 1.80. The molecule has 0 amide bonds. The van der Waals surface area contributed by atoms with Gasteiger partial charge in [-0.25, -0.2) is 4.98 Å². The van der Waals surface area contributed by atoms with Crippen molar-refractivity contribution in [1.82, 2.24) is 9.97 Å². The van der Waals surface area contributed by atoms with Crippen molar-refractivity contribution >= 4 is 17.5 Å². The third-order valence-corrected chi connectivity index (χ3v) is 4.10. The first-order valence-corrected chi connectivity index (χ1v) is 8.09. The van der Waals surface area contributed by atoms with Crippen LogP contribution < -0.4 is 10.2 Å². The molecule has 116 valence electrons. The number of fused-ring (bicyclic) bond motifs is 1. The van der Waals surface area contributed by atoms with Crippen molar-refractivity contribution in [2.75, 3.05) is 16.8 Å². The number of benzene rings is 1. The zero-order chi connectivity index (χ0) is 15.5. The molecular formula is C18H24N4. The highest BCUT2D eigenvalue weighted by Crippen LogP contribution is 2.37. The summed E-state index contributed by atoms with van der Waals surface area (Å²) in [6.07, 6.45) is 4.03. The van der Waals surface area contributed by atoms with Gasteiger partial charge < -0.3 is 10.2 Å². The first-order chi connectivity index (χ1) is 10.6. The number of aromatic nitrogens is 2. The largest absolute Gasteiger partial charge is 0.354 e. The molecule has 0 fully saturated rings. The van der Waals surface area contributed by atoms with E-state index in [0.717, 1.165) is 31.2 Å². The van der Waals surface area contributed by atoms with Crippen molar-refractivity contribution in [1.29, 1.82) is 0 Å². The second kappa shape index (κ2) is 6.34. The van der Waals surface area contributed by atoms with Gasteiger partial charge in [-0.15, -0.1) is 0 Å². The third-order valence-electron chi connectivity index (χ3n) is 4.10. The van der Waals surface area contributed by atoms with Crippen LogP contribution in [0.15, 0.2) is 36.5 Å². The van der Waals surface area contributed by atoms with Crippen LogP contribution in [0.3, 0.4) is 0 Å². The minimum Gasteiger partial charge on any atom is -0.354 e. The fourth-order valence-corrected chi connectivity index (χ4v) is 2.96. The maximum atomic E-state index is 4.70. The number of nitrogens with zero attached hydrogens (tertiary/aromatic N) is 3. The Morgan fingerprint density at radius 2 is 2.09 bits per heavy atom. The Labute approximate surface area is 132 Å². The lowest BCUT2D eigenvalue weighted by Gasteiger charge is -2.24. The van der Waals surface area contributed by atoms with Crippen LogP contribution in [0, 0.1) is 5.92 Å². The van der Waals surface area contributed by atoms with Gasteiger partial charge in [0.1, 0.15) is 5.82 Å². The highest BCUT2D eigenvalue weighted by Gasteiger charge is 2.27. The van der Waals surface area contributed by atoms with E-state index in [9.17, 15) is 0 Å². The van der Waals surface area contributed by atoms with E-state index in [1.807, 2.05) is 12.3 Å². The highest BCUT2D eigenvalue weighted by atomic mass is 15.3. The maximum Gasteiger partial charge on any atom is 0.224 e. The molecule has 0 radical (unpaired) electrons. The van der Waals surface area contributed by atoms with Gasteiger partial charge in [0.15, 0.2) is 0 Å². The van der Waals surface area contributed by atoms with Crippen LogP contribution in [0.1, 0.15) is 32.8 Å². The van der Waals surface area contributed by atoms with Gasteiger partial charge in [0, 0.05) is 24.5 Å². The van der Waals surface area contributed by atoms with E-state index in [-0.39, 0.29) is 0 Å². The van der Waals surface area contributed by atoms with Gasteiger partial charge in [0.25, 0.3) is 0 Å². The van der Waals surface area contributed by atoms with Crippen LogP contribution >= 0.6 is 0 Å². The molecule has 1 aromatic heterocycles. The molecule has 1 unspecified atom stereocenters. The standard InChI is InChI=1S/C18H24N4/c1-13(2)8-10-19-18-20-11-9-17(21-18)22-14(3)12-15-6-4-5-7-16(15)22/h4-7,9,11,13-14H,8,10,12H2,1-3H3,(H,19,20,21). The summed E-state index contributed by atoms with van der Waals surface area (Å²) < 4.78 is 0. The molecule has 2 aromatic rings. The molecule has 0 bridgehead atoms. The number of hydrogen-bond acceptors (Lipinski definition) is 4. The van der Waals surface area contributed by atoms with Gasteiger partial charge in [-0.1, -0.05) is 32.0 Å². The van der Waals surface area contributed by atoms with E-state index in [0.29, 0.717) is 12.0 Å². The van der Waals surface area contributed by atoms with Crippen LogP contribution in [-0.4, -0.2) is 22.6 Å². The SMILES string of the molecule is CC(C)CCNc1nccc(N2c3ccccc3CC2C)n1. The van der Waals surface area contributed by atoms with E-state index >= 15 is 0 Å². The molecule has 22 heavy (non-hydrogen) atoms. The Morgan fingerprint density at radius 1 is 1.27 bits per heavy atom. The highest BCUT2D eigenvalue weighted by molar-refractivity contribution is 5.69. The molecule has 1 aliphatic rings. The maximum absolute atomic E-state index is 4.70. The number of rotatable bonds is 5. The van der Waals surface area contributed by atoms with Gasteiger partial charge in [-0.2, -0.15) is 4.98 Å². The number of anilines is 3. The predicted octanol–water partition coefficient (Wildman–Crippen LogP) is 4.02. The second-order valence-corrected chi connectivity index (χ2v) is 6.40. The van der Waals surface area contributed by atoms with Crippen molar-refractivity contribution in [2.24, 2.45) is 5.92 Å². The fourth-order valence-electron chi connectivity index (χ4n) is 2.96. The number of para-hydroxylation sites is 1. The molecule has 0 aliphatic carbocycles. The Bertz CT molecular complexity index is 638. The van der Waals surface area contributed by atoms with Crippen LogP contribution in [0.4, 0.5) is 17.5 Å². The zero-order valence-corrected chi connectivity index (χ0v) is 13.6. The summed E-state index contributed by atoms with van der Waals surface area (Å²) in [5, 5.41) is 3.33. The summed E-state index contributed by atoms with van der Waals surface area (Å²) in [6, 6.07) is 11.0. The molecule has 0 saturated carbocycles. The van der Waals surface area contributed by atoms with Crippen molar-refractivity contribution < 1.29 is 0 Å². The van der Waals surface area contributed by atoms with E-state index < -0.39 is 0 Å². The summed E-state index contributed by atoms with van der Waals surface area (Å²) in [5.41, 5.74) is 2.66. The molecule has 1 aliphatic heterocycles. The zero-order valence-electron chi connectivity index (χ0n) is 13.6. The molecule has 1 aromatic carbocycles. The predicted molar refractivity (Wildman–Crippen MR) is 91.7 cm³/mol. The average Bonchev–Trinajstić information content (AvgIpc) is 2.83. The van der Waals surface area contributed by atoms with Crippen molar-refractivity contribution in [3.63, 3.8) is 0 Å². The van der Waals surface area contributed by atoms with Crippen LogP contribution in [0.5, 0.6) is 0 Å².